The quantitative estimate of drug-likeness (QED) is 0.0552. The number of carbonyl (C=O) groups is 4. The molecule has 2 aliphatic rings. The number of benzene rings is 3. The number of aryl methyl sites for hydroxylation is 1. The first kappa shape index (κ1) is 53.9. The summed E-state index contributed by atoms with van der Waals surface area (Å²) >= 11 is 13.2. The number of fused-ring (bicyclic) bond motifs is 4. The van der Waals surface area contributed by atoms with Crippen LogP contribution in [0, 0.1) is 0 Å². The Morgan fingerprint density at radius 2 is 1.67 bits per heavy atom. The molecule has 1 fully saturated rings. The van der Waals surface area contributed by atoms with E-state index in [0.29, 0.717) is 104 Å². The molecule has 3 aromatic carbocycles. The zero-order chi connectivity index (χ0) is 53.5. The molecule has 6 heterocycles. The first-order chi connectivity index (χ1) is 36.7. The Kier molecular flexibility index (Phi) is 17.0. The Bertz CT molecular complexity index is 3290. The summed E-state index contributed by atoms with van der Waals surface area (Å²) in [5, 5.41) is 40.6. The van der Waals surface area contributed by atoms with Gasteiger partial charge >= 0.3 is 0 Å². The van der Waals surface area contributed by atoms with Crippen LogP contribution in [0.4, 0.5) is 0 Å². The van der Waals surface area contributed by atoms with Gasteiger partial charge in [-0.3, -0.25) is 37.9 Å². The number of likely N-dealkylation sites (tertiary alicyclic amines) is 1. The van der Waals surface area contributed by atoms with Gasteiger partial charge in [-0.2, -0.15) is 10.2 Å². The van der Waals surface area contributed by atoms with Gasteiger partial charge in [0.05, 0.1) is 71.7 Å². The van der Waals surface area contributed by atoms with Crippen molar-refractivity contribution in [2.24, 2.45) is 7.05 Å². The van der Waals surface area contributed by atoms with E-state index < -0.39 is 12.2 Å². The number of carbonyl (C=O) groups excluding carboxylic acids is 4. The number of nitrogens with zero attached hydrogens (tertiary/aromatic N) is 8. The number of halogens is 2. The molecule has 0 radical (unpaired) electrons. The number of aromatic nitrogens is 7. The normalized spacial score (nSPS) is 14.8. The molecule has 0 saturated carbocycles. The van der Waals surface area contributed by atoms with Gasteiger partial charge in [0.2, 0.25) is 23.6 Å². The van der Waals surface area contributed by atoms with Crippen molar-refractivity contribution >= 4 is 68.8 Å². The van der Waals surface area contributed by atoms with Gasteiger partial charge in [-0.15, -0.1) is 0 Å². The van der Waals surface area contributed by atoms with Crippen molar-refractivity contribution < 1.29 is 34.1 Å². The number of hydrogen-bond donors (Lipinski definition) is 6. The van der Waals surface area contributed by atoms with Crippen molar-refractivity contribution in [3.8, 4) is 22.5 Å². The van der Waals surface area contributed by atoms with Crippen molar-refractivity contribution in [1.82, 2.24) is 59.8 Å². The molecule has 6 N–H and O–H groups in total. The van der Waals surface area contributed by atoms with Crippen LogP contribution in [0.5, 0.6) is 0 Å². The molecule has 2 aliphatic heterocycles. The van der Waals surface area contributed by atoms with Gasteiger partial charge in [-0.1, -0.05) is 84.7 Å². The molecule has 20 nitrogen and oxygen atoms in total. The number of ether oxygens (including phenoxy) is 1. The molecule has 0 unspecified atom stereocenters. The zero-order valence-corrected chi connectivity index (χ0v) is 44.0. The van der Waals surface area contributed by atoms with Crippen molar-refractivity contribution in [2.75, 3.05) is 59.1 Å². The van der Waals surface area contributed by atoms with Crippen molar-refractivity contribution in [2.45, 2.75) is 76.7 Å². The molecule has 1 saturated heterocycles. The maximum absolute atomic E-state index is 13.7. The lowest BCUT2D eigenvalue weighted by atomic mass is 9.90. The number of nitrogens with one attached hydrogen (secondary N) is 4. The fourth-order valence-electron chi connectivity index (χ4n) is 10.0. The van der Waals surface area contributed by atoms with Crippen LogP contribution in [0.1, 0.15) is 60.9 Å². The number of piperidine rings is 1. The summed E-state index contributed by atoms with van der Waals surface area (Å²) in [6, 6.07) is 21.3. The Hall–Kier alpha value is -6.94. The second-order valence-corrected chi connectivity index (χ2v) is 20.4. The largest absolute Gasteiger partial charge is 0.388 e. The molecule has 1 atom stereocenters. The van der Waals surface area contributed by atoms with Crippen LogP contribution in [-0.4, -0.2) is 142 Å². The molecule has 400 valence electrons. The summed E-state index contributed by atoms with van der Waals surface area (Å²) in [4.78, 5) is 75.6. The summed E-state index contributed by atoms with van der Waals surface area (Å²) in [5.41, 5.74) is 6.60. The zero-order valence-electron chi connectivity index (χ0n) is 42.5. The van der Waals surface area contributed by atoms with E-state index in [0.717, 1.165) is 38.9 Å². The van der Waals surface area contributed by atoms with E-state index in [2.05, 4.69) is 31.0 Å². The van der Waals surface area contributed by atoms with Gasteiger partial charge in [0.15, 0.2) is 5.52 Å². The van der Waals surface area contributed by atoms with E-state index in [4.69, 9.17) is 33.0 Å². The van der Waals surface area contributed by atoms with E-state index in [1.54, 1.807) is 32.3 Å². The molecule has 0 aliphatic carbocycles. The number of H-pyrrole nitrogens is 1. The predicted octanol–water partition coefficient (Wildman–Crippen LogP) is 4.30. The molecular weight excluding hydrogens is 1020 g/mol. The third-order valence-corrected chi connectivity index (χ3v) is 15.1. The smallest absolute Gasteiger partial charge is 0.281 e. The number of amides is 4. The molecule has 0 bridgehead atoms. The van der Waals surface area contributed by atoms with E-state index in [9.17, 15) is 34.2 Å². The molecule has 4 amide bonds. The van der Waals surface area contributed by atoms with Crippen LogP contribution in [0.15, 0.2) is 84.0 Å². The van der Waals surface area contributed by atoms with Crippen LogP contribution < -0.4 is 21.5 Å². The number of aliphatic hydroxyl groups excluding tert-OH is 1. The van der Waals surface area contributed by atoms with E-state index >= 15 is 0 Å². The minimum Gasteiger partial charge on any atom is -0.388 e. The van der Waals surface area contributed by atoms with Crippen molar-refractivity contribution in [3.63, 3.8) is 0 Å². The van der Waals surface area contributed by atoms with Gasteiger partial charge < -0.3 is 45.7 Å². The summed E-state index contributed by atoms with van der Waals surface area (Å²) in [6.07, 6.45) is 5.07. The molecule has 4 aromatic heterocycles. The topological polar surface area (TPSA) is 247 Å². The SMILES string of the molecule is C[C@H](CC(=O)N1CCC(O)(Cn2cnc3c(-c4ccc(CNCC(=O)NCCOCCC(=O)NCCn5ccc(-c6cc(Cl)c(Cl)c7[nH]c8c(c67)CN(C(=O)CO)CC8)n5)cc4)n(C)nc3c2=O)CC1)c1ccccc1. The van der Waals surface area contributed by atoms with Gasteiger partial charge in [0.1, 0.15) is 12.1 Å². The second-order valence-electron chi connectivity index (χ2n) is 19.6. The average molecular weight is 1080 g/mol. The fourth-order valence-corrected chi connectivity index (χ4v) is 10.4. The lowest BCUT2D eigenvalue weighted by Gasteiger charge is -2.38. The van der Waals surface area contributed by atoms with Gasteiger partial charge in [0, 0.05) is 106 Å². The second kappa shape index (κ2) is 23.9. The highest BCUT2D eigenvalue weighted by Gasteiger charge is 2.35. The van der Waals surface area contributed by atoms with Crippen molar-refractivity contribution in [3.05, 3.63) is 122 Å². The molecule has 7 aromatic rings. The lowest BCUT2D eigenvalue weighted by molar-refractivity contribution is -0.136. The van der Waals surface area contributed by atoms with Crippen LogP contribution in [0.25, 0.3) is 44.5 Å². The highest BCUT2D eigenvalue weighted by Crippen LogP contribution is 2.42. The number of aliphatic hydroxyl groups is 2. The summed E-state index contributed by atoms with van der Waals surface area (Å²) in [6.45, 7) is 5.11. The summed E-state index contributed by atoms with van der Waals surface area (Å²) < 4.78 is 10.3. The minimum atomic E-state index is -1.17. The van der Waals surface area contributed by atoms with Crippen LogP contribution in [0.3, 0.4) is 0 Å². The van der Waals surface area contributed by atoms with E-state index in [-0.39, 0.29) is 79.9 Å². The summed E-state index contributed by atoms with van der Waals surface area (Å²) in [7, 11) is 1.76. The van der Waals surface area contributed by atoms with Crippen molar-refractivity contribution in [1.29, 1.82) is 0 Å². The van der Waals surface area contributed by atoms with E-state index in [1.165, 1.54) is 10.9 Å². The van der Waals surface area contributed by atoms with Crippen LogP contribution in [0.2, 0.25) is 10.0 Å². The fraction of sp³-hybridized carbons (Fsp3) is 0.407. The number of hydrogen-bond acceptors (Lipinski definition) is 12. The highest BCUT2D eigenvalue weighted by molar-refractivity contribution is 6.45. The predicted molar refractivity (Wildman–Crippen MR) is 287 cm³/mol. The molecular formula is C54H62Cl2N12O8. The summed E-state index contributed by atoms with van der Waals surface area (Å²) in [5.74, 6) is -0.590. The number of rotatable bonds is 21. The molecule has 22 heteroatoms. The number of aromatic amines is 1. The Morgan fingerprint density at radius 1 is 0.908 bits per heavy atom. The monoisotopic (exact) mass is 1080 g/mol. The lowest BCUT2D eigenvalue weighted by Crippen LogP contribution is -2.49. The highest BCUT2D eigenvalue weighted by atomic mass is 35.5. The molecule has 76 heavy (non-hydrogen) atoms. The maximum Gasteiger partial charge on any atom is 0.281 e. The van der Waals surface area contributed by atoms with Gasteiger partial charge in [-0.05, 0) is 42.0 Å². The van der Waals surface area contributed by atoms with Gasteiger partial charge in [0.25, 0.3) is 5.56 Å². The Labute approximate surface area is 448 Å². The van der Waals surface area contributed by atoms with Crippen LogP contribution in [-0.2, 0) is 63.6 Å². The molecule has 0 spiro atoms. The first-order valence-electron chi connectivity index (χ1n) is 25.5. The third kappa shape index (κ3) is 12.3. The Balaban J connectivity index is 0.659. The minimum absolute atomic E-state index is 0.0442. The standard InChI is InChI=1S/C54H62Cl2N12O8/c1-34(36-6-4-3-5-7-36)26-45(72)65-21-15-54(75,16-22-65)32-67-33-60-50-51(53(67)74)63-64(2)52(50)37-10-8-35(9-11-37)28-57-29-44(71)59-18-25-76-24-14-43(70)58-17-23-68-20-13-42(62-68)38-27-40(55)48(56)49-47(38)39-30-66(46(73)31-69)19-12-41(39)61-49/h3-11,13,20,27,33-34,57,61,69,75H,12,14-19,21-26,28-32H2,1-2H3,(H,58,70)(H,59,71)/t34-/m1/s1. The Morgan fingerprint density at radius 3 is 2.43 bits per heavy atom. The third-order valence-electron chi connectivity index (χ3n) is 14.3. The average Bonchev–Trinajstić information content (AvgIpc) is 4.19. The maximum atomic E-state index is 13.7. The molecule has 9 rings (SSSR count). The van der Waals surface area contributed by atoms with Gasteiger partial charge in [-0.25, -0.2) is 4.98 Å². The van der Waals surface area contributed by atoms with E-state index in [1.807, 2.05) is 73.8 Å². The first-order valence-corrected chi connectivity index (χ1v) is 26.3. The van der Waals surface area contributed by atoms with Crippen LogP contribution >= 0.6 is 23.2 Å².